The van der Waals surface area contributed by atoms with Crippen LogP contribution < -0.4 is 11.1 Å². The first-order valence-corrected chi connectivity index (χ1v) is 7.15. The SMILES string of the molecule is CC(C)(C)CNC1CC(CCO)CN(CC(N)=O)C1. The second-order valence-electron chi connectivity index (χ2n) is 6.91. The lowest BCUT2D eigenvalue weighted by Gasteiger charge is -2.38. The van der Waals surface area contributed by atoms with E-state index < -0.39 is 0 Å². The molecule has 0 bridgehead atoms. The Hall–Kier alpha value is -0.650. The van der Waals surface area contributed by atoms with Crippen LogP contribution in [0, 0.1) is 11.3 Å². The lowest BCUT2D eigenvalue weighted by Crippen LogP contribution is -2.52. The van der Waals surface area contributed by atoms with Gasteiger partial charge in [-0.05, 0) is 24.2 Å². The van der Waals surface area contributed by atoms with Gasteiger partial charge in [0.15, 0.2) is 0 Å². The van der Waals surface area contributed by atoms with E-state index in [4.69, 9.17) is 10.8 Å². The summed E-state index contributed by atoms with van der Waals surface area (Å²) in [5.41, 5.74) is 5.53. The molecule has 1 aliphatic heterocycles. The standard InChI is InChI=1S/C14H29N3O2/c1-14(2,3)10-16-12-6-11(4-5-18)7-17(8-12)9-13(15)19/h11-12,16,18H,4-10H2,1-3H3,(H2,15,19). The molecule has 19 heavy (non-hydrogen) atoms. The van der Waals surface area contributed by atoms with Crippen LogP contribution in [0.1, 0.15) is 33.6 Å². The molecule has 4 N–H and O–H groups in total. The highest BCUT2D eigenvalue weighted by atomic mass is 16.3. The summed E-state index contributed by atoms with van der Waals surface area (Å²) in [4.78, 5) is 13.2. The second-order valence-corrected chi connectivity index (χ2v) is 6.91. The van der Waals surface area contributed by atoms with Gasteiger partial charge in [0.2, 0.25) is 5.91 Å². The largest absolute Gasteiger partial charge is 0.396 e. The molecule has 5 nitrogen and oxygen atoms in total. The number of hydrogen-bond donors (Lipinski definition) is 3. The van der Waals surface area contributed by atoms with E-state index in [1.807, 2.05) is 0 Å². The number of nitrogens with two attached hydrogens (primary N) is 1. The number of nitrogens with zero attached hydrogens (tertiary/aromatic N) is 1. The van der Waals surface area contributed by atoms with Gasteiger partial charge in [-0.2, -0.15) is 0 Å². The van der Waals surface area contributed by atoms with E-state index in [1.54, 1.807) is 0 Å². The molecule has 0 radical (unpaired) electrons. The van der Waals surface area contributed by atoms with E-state index >= 15 is 0 Å². The molecule has 0 aliphatic carbocycles. The maximum Gasteiger partial charge on any atom is 0.231 e. The number of primary amides is 1. The lowest BCUT2D eigenvalue weighted by molar-refractivity contribution is -0.119. The fourth-order valence-electron chi connectivity index (χ4n) is 2.64. The maximum absolute atomic E-state index is 11.1. The number of piperidine rings is 1. The third-order valence-electron chi connectivity index (χ3n) is 3.45. The first kappa shape index (κ1) is 16.4. The van der Waals surface area contributed by atoms with Gasteiger partial charge in [0, 0.05) is 32.3 Å². The maximum atomic E-state index is 11.1. The minimum absolute atomic E-state index is 0.209. The molecule has 1 heterocycles. The Labute approximate surface area is 116 Å². The fraction of sp³-hybridized carbons (Fsp3) is 0.929. The molecule has 0 aromatic carbocycles. The van der Waals surface area contributed by atoms with Crippen molar-refractivity contribution in [1.82, 2.24) is 10.2 Å². The van der Waals surface area contributed by atoms with Gasteiger partial charge in [-0.15, -0.1) is 0 Å². The minimum atomic E-state index is -0.279. The first-order valence-electron chi connectivity index (χ1n) is 7.15. The number of rotatable bonds is 6. The summed E-state index contributed by atoms with van der Waals surface area (Å²) in [7, 11) is 0. The third kappa shape index (κ3) is 6.89. The van der Waals surface area contributed by atoms with Crippen LogP contribution in [0.2, 0.25) is 0 Å². The van der Waals surface area contributed by atoms with Crippen LogP contribution in [0.3, 0.4) is 0 Å². The Kier molecular flexibility index (Phi) is 6.23. The van der Waals surface area contributed by atoms with Crippen LogP contribution in [-0.2, 0) is 4.79 Å². The summed E-state index contributed by atoms with van der Waals surface area (Å²) in [5.74, 6) is 0.162. The van der Waals surface area contributed by atoms with Crippen molar-refractivity contribution < 1.29 is 9.90 Å². The van der Waals surface area contributed by atoms with E-state index in [9.17, 15) is 4.79 Å². The van der Waals surface area contributed by atoms with Gasteiger partial charge in [0.1, 0.15) is 0 Å². The van der Waals surface area contributed by atoms with E-state index in [1.165, 1.54) is 0 Å². The van der Waals surface area contributed by atoms with Crippen LogP contribution >= 0.6 is 0 Å². The van der Waals surface area contributed by atoms with Crippen LogP contribution in [0.5, 0.6) is 0 Å². The predicted molar refractivity (Wildman–Crippen MR) is 76.7 cm³/mol. The van der Waals surface area contributed by atoms with Crippen molar-refractivity contribution in [1.29, 1.82) is 0 Å². The number of carbonyl (C=O) groups excluding carboxylic acids is 1. The molecule has 1 aliphatic rings. The Morgan fingerprint density at radius 3 is 2.63 bits per heavy atom. The predicted octanol–water partition coefficient (Wildman–Crippen LogP) is 0.180. The van der Waals surface area contributed by atoms with Gasteiger partial charge in [-0.3, -0.25) is 9.69 Å². The molecule has 5 heteroatoms. The summed E-state index contributed by atoms with van der Waals surface area (Å²) >= 11 is 0. The second kappa shape index (κ2) is 7.22. The first-order chi connectivity index (χ1) is 8.80. The van der Waals surface area contributed by atoms with Crippen molar-refractivity contribution in [3.63, 3.8) is 0 Å². The third-order valence-corrected chi connectivity index (χ3v) is 3.45. The van der Waals surface area contributed by atoms with Crippen LogP contribution in [0.25, 0.3) is 0 Å². The van der Waals surface area contributed by atoms with E-state index in [-0.39, 0.29) is 17.9 Å². The number of likely N-dealkylation sites (tertiary alicyclic amines) is 1. The Bertz CT molecular complexity index is 289. The molecule has 1 fully saturated rings. The van der Waals surface area contributed by atoms with Crippen molar-refractivity contribution in [2.45, 2.75) is 39.7 Å². The number of hydrogen-bond acceptors (Lipinski definition) is 4. The van der Waals surface area contributed by atoms with Gasteiger partial charge in [-0.25, -0.2) is 0 Å². The van der Waals surface area contributed by atoms with Crippen LogP contribution in [-0.4, -0.2) is 54.7 Å². The number of nitrogens with one attached hydrogen (secondary N) is 1. The molecule has 2 unspecified atom stereocenters. The highest BCUT2D eigenvalue weighted by Crippen LogP contribution is 2.21. The van der Waals surface area contributed by atoms with Gasteiger partial charge >= 0.3 is 0 Å². The van der Waals surface area contributed by atoms with Gasteiger partial charge in [0.05, 0.1) is 6.54 Å². The average Bonchev–Trinajstić information content (AvgIpc) is 2.24. The summed E-state index contributed by atoms with van der Waals surface area (Å²) in [6.45, 7) is 9.81. The van der Waals surface area contributed by atoms with E-state index in [0.29, 0.717) is 18.5 Å². The summed E-state index contributed by atoms with van der Waals surface area (Å²) in [6.07, 6.45) is 1.86. The van der Waals surface area contributed by atoms with Gasteiger partial charge < -0.3 is 16.2 Å². The van der Waals surface area contributed by atoms with Crippen molar-refractivity contribution in [3.05, 3.63) is 0 Å². The molecule has 0 aromatic heterocycles. The summed E-state index contributed by atoms with van der Waals surface area (Å²) in [6, 6.07) is 0.379. The molecule has 2 atom stereocenters. The Balaban J connectivity index is 2.51. The lowest BCUT2D eigenvalue weighted by atomic mass is 9.90. The molecule has 112 valence electrons. The topological polar surface area (TPSA) is 78.6 Å². The molecule has 1 rings (SSSR count). The van der Waals surface area contributed by atoms with Crippen LogP contribution in [0.4, 0.5) is 0 Å². The van der Waals surface area contributed by atoms with E-state index in [2.05, 4.69) is 31.0 Å². The number of amides is 1. The summed E-state index contributed by atoms with van der Waals surface area (Å²) in [5, 5.41) is 12.7. The monoisotopic (exact) mass is 271 g/mol. The molecule has 1 saturated heterocycles. The normalized spacial score (nSPS) is 25.5. The fourth-order valence-corrected chi connectivity index (χ4v) is 2.64. The molecule has 1 amide bonds. The zero-order valence-electron chi connectivity index (χ0n) is 12.5. The Morgan fingerprint density at radius 2 is 2.11 bits per heavy atom. The van der Waals surface area contributed by atoms with Crippen molar-refractivity contribution in [2.75, 3.05) is 32.8 Å². The molecule has 0 aromatic rings. The number of carbonyl (C=O) groups is 1. The molecule has 0 spiro atoms. The zero-order chi connectivity index (χ0) is 14.5. The van der Waals surface area contributed by atoms with Gasteiger partial charge in [-0.1, -0.05) is 20.8 Å². The zero-order valence-corrected chi connectivity index (χ0v) is 12.5. The molecular weight excluding hydrogens is 242 g/mol. The van der Waals surface area contributed by atoms with Crippen molar-refractivity contribution in [2.24, 2.45) is 17.1 Å². The van der Waals surface area contributed by atoms with E-state index in [0.717, 1.165) is 32.5 Å². The Morgan fingerprint density at radius 1 is 1.42 bits per heavy atom. The average molecular weight is 271 g/mol. The quantitative estimate of drug-likeness (QED) is 0.644. The number of aliphatic hydroxyl groups excluding tert-OH is 1. The molecule has 0 saturated carbocycles. The molecular formula is C14H29N3O2. The van der Waals surface area contributed by atoms with Crippen molar-refractivity contribution >= 4 is 5.91 Å². The van der Waals surface area contributed by atoms with Crippen molar-refractivity contribution in [3.8, 4) is 0 Å². The van der Waals surface area contributed by atoms with Crippen LogP contribution in [0.15, 0.2) is 0 Å². The summed E-state index contributed by atoms with van der Waals surface area (Å²) < 4.78 is 0. The highest BCUT2D eigenvalue weighted by molar-refractivity contribution is 5.75. The highest BCUT2D eigenvalue weighted by Gasteiger charge is 2.28. The van der Waals surface area contributed by atoms with Gasteiger partial charge in [0.25, 0.3) is 0 Å². The number of aliphatic hydroxyl groups is 1. The smallest absolute Gasteiger partial charge is 0.231 e. The minimum Gasteiger partial charge on any atom is -0.396 e.